The monoisotopic (exact) mass is 390 g/mol. The number of Topliss-reactive ketones (excluding diaryl/α,β-unsaturated/α-hetero) is 1. The minimum absolute atomic E-state index is 0.182. The van der Waals surface area contributed by atoms with E-state index in [0.29, 0.717) is 30.5 Å². The molecule has 0 saturated heterocycles. The quantitative estimate of drug-likeness (QED) is 0.730. The average Bonchev–Trinajstić information content (AvgIpc) is 3.00. The Labute approximate surface area is 169 Å². The summed E-state index contributed by atoms with van der Waals surface area (Å²) in [6, 6.07) is 0. The predicted octanol–water partition coefficient (Wildman–Crippen LogP) is 4.69. The second-order valence-electron chi connectivity index (χ2n) is 11.0. The zero-order valence-electron chi connectivity index (χ0n) is 17.8. The molecule has 0 spiro atoms. The Kier molecular flexibility index (Phi) is 5.17. The summed E-state index contributed by atoms with van der Waals surface area (Å²) in [6.07, 6.45) is 9.07. The minimum atomic E-state index is -0.749. The highest BCUT2D eigenvalue weighted by molar-refractivity contribution is 5.87. The Morgan fingerprint density at radius 3 is 2.64 bits per heavy atom. The highest BCUT2D eigenvalue weighted by Gasteiger charge is 2.65. The molecule has 0 aromatic rings. The largest absolute Gasteiger partial charge is 0.481 e. The highest BCUT2D eigenvalue weighted by Crippen LogP contribution is 2.67. The molecule has 0 aromatic heterocycles. The minimum Gasteiger partial charge on any atom is -0.481 e. The summed E-state index contributed by atoms with van der Waals surface area (Å²) in [5.41, 5.74) is -0.163. The Bertz CT molecular complexity index is 645. The maximum atomic E-state index is 13.6. The molecule has 4 rings (SSSR count). The van der Waals surface area contributed by atoms with Gasteiger partial charge in [-0.25, -0.2) is 0 Å². The predicted molar refractivity (Wildman–Crippen MR) is 108 cm³/mol. The summed E-state index contributed by atoms with van der Waals surface area (Å²) >= 11 is 0. The zero-order valence-corrected chi connectivity index (χ0v) is 17.8. The van der Waals surface area contributed by atoms with Crippen molar-refractivity contribution in [2.45, 2.75) is 91.1 Å². The van der Waals surface area contributed by atoms with Gasteiger partial charge in [-0.15, -0.1) is 0 Å². The van der Waals surface area contributed by atoms with Crippen molar-refractivity contribution in [2.24, 2.45) is 46.3 Å². The second kappa shape index (κ2) is 7.11. The molecule has 0 bridgehead atoms. The molecule has 4 saturated carbocycles. The van der Waals surface area contributed by atoms with Crippen molar-refractivity contribution >= 4 is 11.8 Å². The summed E-state index contributed by atoms with van der Waals surface area (Å²) in [6.45, 7) is 6.71. The fraction of sp³-hybridized carbons (Fsp3) is 0.917. The highest BCUT2D eigenvalue weighted by atomic mass is 16.4. The van der Waals surface area contributed by atoms with Crippen molar-refractivity contribution in [3.8, 4) is 0 Å². The van der Waals surface area contributed by atoms with Crippen molar-refractivity contribution in [1.29, 1.82) is 0 Å². The number of fused-ring (bicyclic) bond motifs is 5. The molecule has 2 N–H and O–H groups in total. The Hall–Kier alpha value is -0.900. The fourth-order valence-electron chi connectivity index (χ4n) is 8.47. The third-order valence-electron chi connectivity index (χ3n) is 10.0. The van der Waals surface area contributed by atoms with Crippen molar-refractivity contribution < 1.29 is 19.8 Å². The van der Waals surface area contributed by atoms with E-state index in [9.17, 15) is 14.7 Å². The number of carbonyl (C=O) groups is 2. The Morgan fingerprint density at radius 2 is 1.93 bits per heavy atom. The van der Waals surface area contributed by atoms with Crippen LogP contribution in [0.15, 0.2) is 0 Å². The second-order valence-corrected chi connectivity index (χ2v) is 11.0. The number of aliphatic hydroxyl groups excluding tert-OH is 1. The molecule has 0 aromatic carbocycles. The molecular weight excluding hydrogens is 352 g/mol. The molecule has 4 nitrogen and oxygen atoms in total. The van der Waals surface area contributed by atoms with Crippen LogP contribution in [-0.4, -0.2) is 28.1 Å². The number of aliphatic carboxylic acids is 1. The fourth-order valence-corrected chi connectivity index (χ4v) is 8.47. The number of aliphatic hydroxyl groups is 1. The van der Waals surface area contributed by atoms with Crippen LogP contribution in [0.2, 0.25) is 0 Å². The van der Waals surface area contributed by atoms with Crippen LogP contribution >= 0.6 is 0 Å². The molecule has 0 amide bonds. The molecule has 4 aliphatic carbocycles. The lowest BCUT2D eigenvalue weighted by Crippen LogP contribution is -2.60. The summed E-state index contributed by atoms with van der Waals surface area (Å²) < 4.78 is 0. The number of hydrogen-bond donors (Lipinski definition) is 2. The summed E-state index contributed by atoms with van der Waals surface area (Å²) in [5.74, 6) is 1.58. The number of carboxylic acids is 1. The van der Waals surface area contributed by atoms with E-state index in [-0.39, 0.29) is 47.0 Å². The van der Waals surface area contributed by atoms with Gasteiger partial charge in [0.2, 0.25) is 0 Å². The standard InChI is InChI=1S/C24H38O4/c1-14(7-10-21(27)28)16-8-9-17-22-18(13-20(26)24(16,17)3)23(2)11-5-4-6-15(23)12-19(22)25/h14-19,22,25H,4-13H2,1-3H3,(H,27,28)/t14-,15-,16-,17+,18+,19-,22+,23+,24-/m1/s1. The molecule has 28 heavy (non-hydrogen) atoms. The molecule has 9 atom stereocenters. The number of rotatable bonds is 4. The van der Waals surface area contributed by atoms with Crippen LogP contribution in [0.25, 0.3) is 0 Å². The van der Waals surface area contributed by atoms with E-state index in [0.717, 1.165) is 19.3 Å². The van der Waals surface area contributed by atoms with E-state index >= 15 is 0 Å². The number of carbonyl (C=O) groups excluding carboxylic acids is 1. The third kappa shape index (κ3) is 2.88. The van der Waals surface area contributed by atoms with Crippen LogP contribution in [-0.2, 0) is 9.59 Å². The van der Waals surface area contributed by atoms with Gasteiger partial charge < -0.3 is 10.2 Å². The van der Waals surface area contributed by atoms with Gasteiger partial charge in [-0.1, -0.05) is 33.6 Å². The van der Waals surface area contributed by atoms with E-state index in [1.165, 1.54) is 25.7 Å². The molecule has 0 unspecified atom stereocenters. The van der Waals surface area contributed by atoms with Crippen molar-refractivity contribution in [1.82, 2.24) is 0 Å². The van der Waals surface area contributed by atoms with E-state index in [1.807, 2.05) is 0 Å². The van der Waals surface area contributed by atoms with Gasteiger partial charge in [-0.05, 0) is 79.4 Å². The van der Waals surface area contributed by atoms with Gasteiger partial charge in [0.15, 0.2) is 0 Å². The molecule has 0 heterocycles. The third-order valence-corrected chi connectivity index (χ3v) is 10.0. The maximum Gasteiger partial charge on any atom is 0.303 e. The zero-order chi connectivity index (χ0) is 20.3. The van der Waals surface area contributed by atoms with Crippen molar-refractivity contribution in [2.75, 3.05) is 0 Å². The first kappa shape index (κ1) is 20.4. The molecule has 4 fully saturated rings. The number of hydrogen-bond acceptors (Lipinski definition) is 3. The molecule has 0 radical (unpaired) electrons. The lowest BCUT2D eigenvalue weighted by Gasteiger charge is -2.61. The van der Waals surface area contributed by atoms with Crippen LogP contribution in [0, 0.1) is 46.3 Å². The van der Waals surface area contributed by atoms with Gasteiger partial charge >= 0.3 is 5.97 Å². The van der Waals surface area contributed by atoms with Crippen LogP contribution in [0.5, 0.6) is 0 Å². The van der Waals surface area contributed by atoms with E-state index in [1.54, 1.807) is 0 Å². The van der Waals surface area contributed by atoms with Gasteiger partial charge in [0, 0.05) is 18.3 Å². The topological polar surface area (TPSA) is 74.6 Å². The normalized spacial score (nSPS) is 49.1. The Morgan fingerprint density at radius 1 is 1.18 bits per heavy atom. The van der Waals surface area contributed by atoms with Crippen molar-refractivity contribution in [3.63, 3.8) is 0 Å². The summed E-state index contributed by atoms with van der Waals surface area (Å²) in [4.78, 5) is 24.7. The van der Waals surface area contributed by atoms with Gasteiger partial charge in [0.25, 0.3) is 0 Å². The van der Waals surface area contributed by atoms with Gasteiger partial charge in [0.05, 0.1) is 6.10 Å². The van der Waals surface area contributed by atoms with Crippen LogP contribution in [0.4, 0.5) is 0 Å². The van der Waals surface area contributed by atoms with E-state index < -0.39 is 5.97 Å². The van der Waals surface area contributed by atoms with Gasteiger partial charge in [-0.3, -0.25) is 9.59 Å². The first-order valence-electron chi connectivity index (χ1n) is 11.6. The summed E-state index contributed by atoms with van der Waals surface area (Å²) in [5, 5.41) is 20.3. The van der Waals surface area contributed by atoms with Crippen LogP contribution < -0.4 is 0 Å². The van der Waals surface area contributed by atoms with E-state index in [4.69, 9.17) is 5.11 Å². The first-order valence-corrected chi connectivity index (χ1v) is 11.6. The molecular formula is C24H38O4. The molecule has 4 aliphatic rings. The number of ketones is 1. The summed E-state index contributed by atoms with van der Waals surface area (Å²) in [7, 11) is 0. The van der Waals surface area contributed by atoms with E-state index in [2.05, 4.69) is 20.8 Å². The SMILES string of the molecule is C[C@H](CCC(=O)O)[C@H]1CC[C@H]2[C@@H]3[C@H](O)C[C@H]4CCCC[C@]4(C)[C@H]3CC(=O)[C@]12C. The maximum absolute atomic E-state index is 13.6. The van der Waals surface area contributed by atoms with Gasteiger partial charge in [-0.2, -0.15) is 0 Å². The lowest BCUT2D eigenvalue weighted by molar-refractivity contribution is -0.176. The molecule has 158 valence electrons. The van der Waals surface area contributed by atoms with Crippen LogP contribution in [0.1, 0.15) is 85.0 Å². The van der Waals surface area contributed by atoms with Crippen LogP contribution in [0.3, 0.4) is 0 Å². The molecule has 0 aliphatic heterocycles. The van der Waals surface area contributed by atoms with Crippen molar-refractivity contribution in [3.05, 3.63) is 0 Å². The first-order chi connectivity index (χ1) is 13.2. The number of carboxylic acid groups (broad SMARTS) is 1. The van der Waals surface area contributed by atoms with Gasteiger partial charge in [0.1, 0.15) is 5.78 Å². The lowest BCUT2D eigenvalue weighted by atomic mass is 9.43. The average molecular weight is 391 g/mol. The smallest absolute Gasteiger partial charge is 0.303 e. The Balaban J connectivity index is 1.62. The molecule has 4 heteroatoms.